The maximum absolute atomic E-state index is 11.7. The van der Waals surface area contributed by atoms with E-state index < -0.39 is 0 Å². The van der Waals surface area contributed by atoms with Crippen LogP contribution in [0.4, 0.5) is 0 Å². The molecule has 0 saturated heterocycles. The minimum absolute atomic E-state index is 0.00902. The summed E-state index contributed by atoms with van der Waals surface area (Å²) in [6.07, 6.45) is 2.22. The minimum Gasteiger partial charge on any atom is -0.457 e. The van der Waals surface area contributed by atoms with E-state index in [-0.39, 0.29) is 5.91 Å². The lowest BCUT2D eigenvalue weighted by molar-refractivity contribution is -0.126. The van der Waals surface area contributed by atoms with Gasteiger partial charge in [-0.1, -0.05) is 30.8 Å². The second-order valence-corrected chi connectivity index (χ2v) is 5.06. The average Bonchev–Trinajstić information content (AvgIpc) is 2.54. The van der Waals surface area contributed by atoms with E-state index in [2.05, 4.69) is 12.6 Å². The lowest BCUT2D eigenvalue weighted by Crippen LogP contribution is -2.34. The van der Waals surface area contributed by atoms with E-state index in [4.69, 9.17) is 4.74 Å². The van der Waals surface area contributed by atoms with E-state index >= 15 is 0 Å². The van der Waals surface area contributed by atoms with Crippen molar-refractivity contribution in [1.82, 2.24) is 4.90 Å². The Labute approximate surface area is 124 Å². The highest BCUT2D eigenvalue weighted by molar-refractivity contribution is 5.87. The van der Waals surface area contributed by atoms with Crippen LogP contribution >= 0.6 is 0 Å². The van der Waals surface area contributed by atoms with E-state index in [1.54, 1.807) is 0 Å². The zero-order valence-corrected chi connectivity index (χ0v) is 11.8. The van der Waals surface area contributed by atoms with Gasteiger partial charge in [-0.15, -0.1) is 0 Å². The van der Waals surface area contributed by atoms with Gasteiger partial charge in [-0.25, -0.2) is 0 Å². The lowest BCUT2D eigenvalue weighted by Gasteiger charge is -2.28. The monoisotopic (exact) mass is 279 g/mol. The van der Waals surface area contributed by atoms with Crippen molar-refractivity contribution in [2.45, 2.75) is 13.0 Å². The van der Waals surface area contributed by atoms with E-state index in [9.17, 15) is 4.79 Å². The topological polar surface area (TPSA) is 29.5 Å². The third-order valence-corrected chi connectivity index (χ3v) is 3.66. The maximum Gasteiger partial charge on any atom is 0.246 e. The Morgan fingerprint density at radius 3 is 2.67 bits per heavy atom. The molecule has 1 heterocycles. The number of rotatable bonds is 3. The first-order chi connectivity index (χ1) is 10.3. The molecule has 0 radical (unpaired) electrons. The van der Waals surface area contributed by atoms with Crippen molar-refractivity contribution in [2.75, 3.05) is 6.54 Å². The highest BCUT2D eigenvalue weighted by Gasteiger charge is 2.19. The van der Waals surface area contributed by atoms with Crippen LogP contribution in [0, 0.1) is 0 Å². The van der Waals surface area contributed by atoms with Gasteiger partial charge in [0.05, 0.1) is 0 Å². The normalized spacial score (nSPS) is 13.4. The smallest absolute Gasteiger partial charge is 0.246 e. The highest BCUT2D eigenvalue weighted by atomic mass is 16.5. The molecule has 1 aliphatic rings. The van der Waals surface area contributed by atoms with E-state index in [0.29, 0.717) is 6.54 Å². The Hall–Kier alpha value is -2.55. The van der Waals surface area contributed by atoms with Gasteiger partial charge in [-0.3, -0.25) is 4.79 Å². The largest absolute Gasteiger partial charge is 0.457 e. The van der Waals surface area contributed by atoms with Crippen LogP contribution in [0.3, 0.4) is 0 Å². The molecular weight excluding hydrogens is 262 g/mol. The molecule has 2 aromatic rings. The summed E-state index contributed by atoms with van der Waals surface area (Å²) in [4.78, 5) is 13.5. The summed E-state index contributed by atoms with van der Waals surface area (Å²) < 4.78 is 5.84. The predicted molar refractivity (Wildman–Crippen MR) is 82.3 cm³/mol. The second kappa shape index (κ2) is 5.83. The van der Waals surface area contributed by atoms with Crippen LogP contribution in [0.15, 0.2) is 61.2 Å². The van der Waals surface area contributed by atoms with Crippen molar-refractivity contribution in [3.05, 3.63) is 72.3 Å². The third-order valence-electron chi connectivity index (χ3n) is 3.66. The zero-order chi connectivity index (χ0) is 14.7. The van der Waals surface area contributed by atoms with Crippen molar-refractivity contribution in [2.24, 2.45) is 0 Å². The first kappa shape index (κ1) is 13.4. The highest BCUT2D eigenvalue weighted by Crippen LogP contribution is 2.27. The molecule has 2 aromatic carbocycles. The summed E-state index contributed by atoms with van der Waals surface area (Å²) in [6, 6.07) is 15.8. The maximum atomic E-state index is 11.7. The molecule has 0 fully saturated rings. The summed E-state index contributed by atoms with van der Waals surface area (Å²) in [5, 5.41) is 0. The van der Waals surface area contributed by atoms with Crippen molar-refractivity contribution >= 4 is 5.91 Å². The number of fused-ring (bicyclic) bond motifs is 1. The standard InChI is InChI=1S/C18H17NO2/c1-2-18(20)19-11-10-14-12-17(9-8-15(14)13-19)21-16-6-4-3-5-7-16/h2-9,12H,1,10-11,13H2. The van der Waals surface area contributed by atoms with Gasteiger partial charge in [0.25, 0.3) is 0 Å². The molecule has 106 valence electrons. The summed E-state index contributed by atoms with van der Waals surface area (Å²) in [7, 11) is 0. The number of nitrogens with zero attached hydrogens (tertiary/aromatic N) is 1. The Morgan fingerprint density at radius 1 is 1.10 bits per heavy atom. The molecule has 0 atom stereocenters. The molecule has 1 aliphatic heterocycles. The Bertz CT molecular complexity index is 664. The van der Waals surface area contributed by atoms with Gasteiger partial charge in [0.15, 0.2) is 0 Å². The molecule has 0 unspecified atom stereocenters. The molecule has 1 amide bonds. The van der Waals surface area contributed by atoms with Crippen molar-refractivity contribution in [1.29, 1.82) is 0 Å². The van der Waals surface area contributed by atoms with Crippen molar-refractivity contribution < 1.29 is 9.53 Å². The van der Waals surface area contributed by atoms with Crippen LogP contribution in [-0.4, -0.2) is 17.4 Å². The Kier molecular flexibility index (Phi) is 3.73. The number of amides is 1. The lowest BCUT2D eigenvalue weighted by atomic mass is 9.99. The van der Waals surface area contributed by atoms with Crippen LogP contribution in [0.5, 0.6) is 11.5 Å². The van der Waals surface area contributed by atoms with E-state index in [1.807, 2.05) is 47.4 Å². The summed E-state index contributed by atoms with van der Waals surface area (Å²) >= 11 is 0. The molecule has 0 bridgehead atoms. The molecular formula is C18H17NO2. The van der Waals surface area contributed by atoms with Gasteiger partial charge in [0.2, 0.25) is 5.91 Å². The molecule has 3 nitrogen and oxygen atoms in total. The molecule has 0 spiro atoms. The number of hydrogen-bond donors (Lipinski definition) is 0. The fraction of sp³-hybridized carbons (Fsp3) is 0.167. The molecule has 0 saturated carbocycles. The fourth-order valence-corrected chi connectivity index (χ4v) is 2.53. The number of benzene rings is 2. The summed E-state index contributed by atoms with van der Waals surface area (Å²) in [5.74, 6) is 1.66. The molecule has 0 aromatic heterocycles. The van der Waals surface area contributed by atoms with Crippen LogP contribution < -0.4 is 4.74 Å². The van der Waals surface area contributed by atoms with Crippen LogP contribution in [0.1, 0.15) is 11.1 Å². The number of carbonyl (C=O) groups is 1. The van der Waals surface area contributed by atoms with Crippen LogP contribution in [-0.2, 0) is 17.8 Å². The molecule has 3 heteroatoms. The first-order valence-corrected chi connectivity index (χ1v) is 7.02. The quantitative estimate of drug-likeness (QED) is 0.804. The van der Waals surface area contributed by atoms with Gasteiger partial charge in [-0.2, -0.15) is 0 Å². The average molecular weight is 279 g/mol. The SMILES string of the molecule is C=CC(=O)N1CCc2cc(Oc3ccccc3)ccc2C1. The van der Waals surface area contributed by atoms with E-state index in [1.165, 1.54) is 17.2 Å². The number of ether oxygens (including phenoxy) is 1. The van der Waals surface area contributed by atoms with Gasteiger partial charge in [-0.05, 0) is 47.9 Å². The van der Waals surface area contributed by atoms with Gasteiger partial charge in [0, 0.05) is 13.1 Å². The second-order valence-electron chi connectivity index (χ2n) is 5.06. The predicted octanol–water partition coefficient (Wildman–Crippen LogP) is 3.55. The zero-order valence-electron chi connectivity index (χ0n) is 11.8. The molecule has 21 heavy (non-hydrogen) atoms. The van der Waals surface area contributed by atoms with Crippen LogP contribution in [0.25, 0.3) is 0 Å². The fourth-order valence-electron chi connectivity index (χ4n) is 2.53. The number of carbonyl (C=O) groups excluding carboxylic acids is 1. The van der Waals surface area contributed by atoms with Crippen molar-refractivity contribution in [3.8, 4) is 11.5 Å². The summed E-state index contributed by atoms with van der Waals surface area (Å²) in [6.45, 7) is 4.91. The Balaban J connectivity index is 1.77. The van der Waals surface area contributed by atoms with Gasteiger partial charge < -0.3 is 9.64 Å². The molecule has 0 aliphatic carbocycles. The first-order valence-electron chi connectivity index (χ1n) is 7.02. The van der Waals surface area contributed by atoms with Gasteiger partial charge >= 0.3 is 0 Å². The molecule has 3 rings (SSSR count). The van der Waals surface area contributed by atoms with Crippen LogP contribution in [0.2, 0.25) is 0 Å². The Morgan fingerprint density at radius 2 is 1.90 bits per heavy atom. The van der Waals surface area contributed by atoms with E-state index in [0.717, 1.165) is 24.5 Å². The molecule has 0 N–H and O–H groups in total. The minimum atomic E-state index is -0.00902. The third kappa shape index (κ3) is 2.97. The number of para-hydroxylation sites is 1. The van der Waals surface area contributed by atoms with Gasteiger partial charge in [0.1, 0.15) is 11.5 Å². The number of hydrogen-bond acceptors (Lipinski definition) is 2. The summed E-state index contributed by atoms with van der Waals surface area (Å²) in [5.41, 5.74) is 2.42. The van der Waals surface area contributed by atoms with Crippen molar-refractivity contribution in [3.63, 3.8) is 0 Å².